The number of rotatable bonds is 6. The lowest BCUT2D eigenvalue weighted by molar-refractivity contribution is -0.118. The standard InChI is InChI=1S/C16H16BrNOS/c17-15(13-7-3-1-4-8-13)11-18-16(19)12-20-14-9-5-2-6-10-14/h1-10,15H,11-12H2,(H,18,19). The summed E-state index contributed by atoms with van der Waals surface area (Å²) in [6.07, 6.45) is 0. The summed E-state index contributed by atoms with van der Waals surface area (Å²) in [5, 5.41) is 2.94. The third kappa shape index (κ3) is 5.02. The quantitative estimate of drug-likeness (QED) is 0.630. The fourth-order valence-electron chi connectivity index (χ4n) is 1.70. The number of benzene rings is 2. The highest BCUT2D eigenvalue weighted by atomic mass is 79.9. The molecule has 2 aromatic rings. The van der Waals surface area contributed by atoms with Crippen LogP contribution < -0.4 is 5.32 Å². The highest BCUT2D eigenvalue weighted by molar-refractivity contribution is 9.09. The molecule has 2 aromatic carbocycles. The maximum Gasteiger partial charge on any atom is 0.230 e. The van der Waals surface area contributed by atoms with Crippen molar-refractivity contribution in [3.05, 3.63) is 66.2 Å². The second-order valence-electron chi connectivity index (χ2n) is 4.28. The van der Waals surface area contributed by atoms with Crippen molar-refractivity contribution in [2.75, 3.05) is 12.3 Å². The predicted octanol–water partition coefficient (Wildman–Crippen LogP) is 4.03. The molecule has 2 rings (SSSR count). The van der Waals surface area contributed by atoms with Crippen molar-refractivity contribution < 1.29 is 4.79 Å². The molecule has 1 atom stereocenters. The van der Waals surface area contributed by atoms with E-state index < -0.39 is 0 Å². The van der Waals surface area contributed by atoms with Crippen molar-refractivity contribution in [2.24, 2.45) is 0 Å². The van der Waals surface area contributed by atoms with Gasteiger partial charge in [0.05, 0.1) is 10.6 Å². The van der Waals surface area contributed by atoms with Crippen LogP contribution in [0.2, 0.25) is 0 Å². The number of amides is 1. The van der Waals surface area contributed by atoms with Gasteiger partial charge in [-0.05, 0) is 17.7 Å². The zero-order chi connectivity index (χ0) is 14.2. The second kappa shape index (κ2) is 8.12. The number of halogens is 1. The summed E-state index contributed by atoms with van der Waals surface area (Å²) in [4.78, 5) is 13.1. The van der Waals surface area contributed by atoms with E-state index in [9.17, 15) is 4.79 Å². The van der Waals surface area contributed by atoms with Crippen LogP contribution in [-0.4, -0.2) is 18.2 Å². The fraction of sp³-hybridized carbons (Fsp3) is 0.188. The second-order valence-corrected chi connectivity index (χ2v) is 6.44. The zero-order valence-corrected chi connectivity index (χ0v) is 13.4. The first-order valence-corrected chi connectivity index (χ1v) is 8.29. The number of nitrogens with one attached hydrogen (secondary N) is 1. The van der Waals surface area contributed by atoms with Crippen LogP contribution in [-0.2, 0) is 4.79 Å². The van der Waals surface area contributed by atoms with Crippen molar-refractivity contribution in [1.29, 1.82) is 0 Å². The van der Waals surface area contributed by atoms with Gasteiger partial charge in [-0.3, -0.25) is 4.79 Å². The van der Waals surface area contributed by atoms with Gasteiger partial charge in [0.25, 0.3) is 0 Å². The number of carbonyl (C=O) groups is 1. The largest absolute Gasteiger partial charge is 0.354 e. The summed E-state index contributed by atoms with van der Waals surface area (Å²) in [6.45, 7) is 0.595. The Morgan fingerprint density at radius 1 is 1.05 bits per heavy atom. The Bertz CT molecular complexity index is 533. The summed E-state index contributed by atoms with van der Waals surface area (Å²) in [6, 6.07) is 20.0. The Kier molecular flexibility index (Phi) is 6.15. The van der Waals surface area contributed by atoms with Gasteiger partial charge in [0.1, 0.15) is 0 Å². The van der Waals surface area contributed by atoms with E-state index >= 15 is 0 Å². The third-order valence-electron chi connectivity index (χ3n) is 2.75. The van der Waals surface area contributed by atoms with E-state index in [2.05, 4.69) is 21.2 Å². The Balaban J connectivity index is 1.73. The maximum absolute atomic E-state index is 11.8. The van der Waals surface area contributed by atoms with Crippen LogP contribution >= 0.6 is 27.7 Å². The normalized spacial score (nSPS) is 11.8. The highest BCUT2D eigenvalue weighted by Gasteiger charge is 2.09. The predicted molar refractivity (Wildman–Crippen MR) is 88.3 cm³/mol. The highest BCUT2D eigenvalue weighted by Crippen LogP contribution is 2.21. The number of hydrogen-bond acceptors (Lipinski definition) is 2. The van der Waals surface area contributed by atoms with E-state index in [-0.39, 0.29) is 10.7 Å². The minimum absolute atomic E-state index is 0.0548. The van der Waals surface area contributed by atoms with E-state index in [0.29, 0.717) is 12.3 Å². The molecule has 0 aliphatic rings. The molecule has 0 spiro atoms. The van der Waals surface area contributed by atoms with Crippen LogP contribution in [0.3, 0.4) is 0 Å². The molecule has 0 fully saturated rings. The van der Waals surface area contributed by atoms with Crippen LogP contribution in [0.15, 0.2) is 65.6 Å². The van der Waals surface area contributed by atoms with Gasteiger partial charge in [-0.1, -0.05) is 64.5 Å². The van der Waals surface area contributed by atoms with E-state index in [1.54, 1.807) is 11.8 Å². The van der Waals surface area contributed by atoms with Crippen LogP contribution in [0.5, 0.6) is 0 Å². The van der Waals surface area contributed by atoms with Gasteiger partial charge < -0.3 is 5.32 Å². The first-order valence-electron chi connectivity index (χ1n) is 6.39. The smallest absolute Gasteiger partial charge is 0.230 e. The topological polar surface area (TPSA) is 29.1 Å². The van der Waals surface area contributed by atoms with Crippen LogP contribution in [0.1, 0.15) is 10.4 Å². The number of thioether (sulfide) groups is 1. The molecule has 0 heterocycles. The van der Waals surface area contributed by atoms with E-state index in [4.69, 9.17) is 0 Å². The van der Waals surface area contributed by atoms with Crippen LogP contribution in [0.25, 0.3) is 0 Å². The summed E-state index contributed by atoms with van der Waals surface area (Å²) < 4.78 is 0. The molecule has 0 radical (unpaired) electrons. The molecule has 4 heteroatoms. The molecule has 0 aromatic heterocycles. The zero-order valence-electron chi connectivity index (χ0n) is 11.0. The number of carbonyl (C=O) groups excluding carboxylic acids is 1. The molecule has 20 heavy (non-hydrogen) atoms. The van der Waals surface area contributed by atoms with Gasteiger partial charge in [0.2, 0.25) is 5.91 Å². The molecule has 104 valence electrons. The maximum atomic E-state index is 11.8. The molecule has 1 N–H and O–H groups in total. The molecule has 0 aliphatic heterocycles. The first kappa shape index (κ1) is 15.1. The summed E-state index contributed by atoms with van der Waals surface area (Å²) in [5.74, 6) is 0.498. The average molecular weight is 350 g/mol. The van der Waals surface area contributed by atoms with Crippen molar-refractivity contribution >= 4 is 33.6 Å². The number of alkyl halides is 1. The van der Waals surface area contributed by atoms with Gasteiger partial charge in [-0.2, -0.15) is 0 Å². The fourth-order valence-corrected chi connectivity index (χ4v) is 2.92. The summed E-state index contributed by atoms with van der Waals surface area (Å²) in [7, 11) is 0. The molecule has 0 saturated heterocycles. The van der Waals surface area contributed by atoms with Gasteiger partial charge in [-0.25, -0.2) is 0 Å². The lowest BCUT2D eigenvalue weighted by Gasteiger charge is -2.11. The van der Waals surface area contributed by atoms with E-state index in [1.165, 1.54) is 5.56 Å². The summed E-state index contributed by atoms with van der Waals surface area (Å²) in [5.41, 5.74) is 1.17. The Hall–Kier alpha value is -1.26. The van der Waals surface area contributed by atoms with Crippen molar-refractivity contribution in [3.8, 4) is 0 Å². The van der Waals surface area contributed by atoms with Crippen molar-refractivity contribution in [1.82, 2.24) is 5.32 Å². The van der Waals surface area contributed by atoms with Crippen LogP contribution in [0.4, 0.5) is 0 Å². The molecular weight excluding hydrogens is 334 g/mol. The molecule has 1 unspecified atom stereocenters. The van der Waals surface area contributed by atoms with Crippen molar-refractivity contribution in [3.63, 3.8) is 0 Å². The van der Waals surface area contributed by atoms with Gasteiger partial charge in [-0.15, -0.1) is 11.8 Å². The lowest BCUT2D eigenvalue weighted by Crippen LogP contribution is -2.28. The van der Waals surface area contributed by atoms with E-state index in [1.807, 2.05) is 60.7 Å². The molecule has 0 saturated carbocycles. The third-order valence-corrected chi connectivity index (χ3v) is 4.62. The van der Waals surface area contributed by atoms with Gasteiger partial charge in [0, 0.05) is 11.4 Å². The van der Waals surface area contributed by atoms with E-state index in [0.717, 1.165) is 4.90 Å². The monoisotopic (exact) mass is 349 g/mol. The van der Waals surface area contributed by atoms with Gasteiger partial charge in [0.15, 0.2) is 0 Å². The lowest BCUT2D eigenvalue weighted by atomic mass is 10.1. The Labute approximate surface area is 132 Å². The Morgan fingerprint density at radius 2 is 1.65 bits per heavy atom. The molecular formula is C16H16BrNOS. The molecule has 0 aliphatic carbocycles. The minimum atomic E-state index is 0.0548. The Morgan fingerprint density at radius 3 is 2.30 bits per heavy atom. The number of hydrogen-bond donors (Lipinski definition) is 1. The van der Waals surface area contributed by atoms with Gasteiger partial charge >= 0.3 is 0 Å². The van der Waals surface area contributed by atoms with Crippen LogP contribution in [0, 0.1) is 0 Å². The molecule has 0 bridgehead atoms. The molecule has 1 amide bonds. The summed E-state index contributed by atoms with van der Waals surface area (Å²) >= 11 is 5.14. The minimum Gasteiger partial charge on any atom is -0.354 e. The van der Waals surface area contributed by atoms with Crippen molar-refractivity contribution in [2.45, 2.75) is 9.72 Å². The SMILES string of the molecule is O=C(CSc1ccccc1)NCC(Br)c1ccccc1. The average Bonchev–Trinajstić information content (AvgIpc) is 2.52. The molecule has 2 nitrogen and oxygen atoms in total. The first-order chi connectivity index (χ1) is 9.75.